The second-order valence-electron chi connectivity index (χ2n) is 5.90. The quantitative estimate of drug-likeness (QED) is 0.622. The standard InChI is InChI=1S/2C8H12.C6H6O/c2*1-2-8-6-4-3-5-7-8;7-6-4-2-1-3-5-6/h2*2-4,8H,1,5-7H2;1-5,7H. The topological polar surface area (TPSA) is 20.2 Å². The number of benzene rings is 1. The van der Waals surface area contributed by atoms with Crippen LogP contribution in [0.5, 0.6) is 5.75 Å². The normalized spacial score (nSPS) is 21.9. The van der Waals surface area contributed by atoms with Gasteiger partial charge in [0.15, 0.2) is 0 Å². The molecule has 2 unspecified atom stereocenters. The van der Waals surface area contributed by atoms with Crippen molar-refractivity contribution in [2.45, 2.75) is 38.5 Å². The summed E-state index contributed by atoms with van der Waals surface area (Å²) in [6, 6.07) is 8.71. The van der Waals surface area contributed by atoms with Gasteiger partial charge in [-0.15, -0.1) is 13.2 Å². The van der Waals surface area contributed by atoms with E-state index in [2.05, 4.69) is 49.6 Å². The monoisotopic (exact) mass is 310 g/mol. The highest BCUT2D eigenvalue weighted by Gasteiger charge is 2.03. The highest BCUT2D eigenvalue weighted by atomic mass is 16.3. The van der Waals surface area contributed by atoms with Gasteiger partial charge in [0.2, 0.25) is 0 Å². The second kappa shape index (κ2) is 12.5. The molecule has 2 atom stereocenters. The Hall–Kier alpha value is -2.02. The first-order chi connectivity index (χ1) is 11.3. The van der Waals surface area contributed by atoms with E-state index in [0.29, 0.717) is 5.75 Å². The molecule has 0 fully saturated rings. The van der Waals surface area contributed by atoms with E-state index >= 15 is 0 Å². The molecular weight excluding hydrogens is 280 g/mol. The maximum absolute atomic E-state index is 8.63. The van der Waals surface area contributed by atoms with E-state index in [9.17, 15) is 0 Å². The predicted octanol–water partition coefficient (Wildman–Crippen LogP) is 6.45. The highest BCUT2D eigenvalue weighted by Crippen LogP contribution is 2.18. The fourth-order valence-corrected chi connectivity index (χ4v) is 2.49. The van der Waals surface area contributed by atoms with Gasteiger partial charge in [0.25, 0.3) is 0 Å². The average molecular weight is 310 g/mol. The van der Waals surface area contributed by atoms with Gasteiger partial charge in [-0.1, -0.05) is 54.7 Å². The minimum absolute atomic E-state index is 0.322. The van der Waals surface area contributed by atoms with Crippen LogP contribution < -0.4 is 0 Å². The number of hydrogen-bond donors (Lipinski definition) is 1. The van der Waals surface area contributed by atoms with Gasteiger partial charge in [-0.05, 0) is 62.5 Å². The van der Waals surface area contributed by atoms with Crippen LogP contribution in [0.3, 0.4) is 0 Å². The lowest BCUT2D eigenvalue weighted by atomic mass is 9.95. The Morgan fingerprint density at radius 1 is 0.783 bits per heavy atom. The van der Waals surface area contributed by atoms with Gasteiger partial charge in [0.1, 0.15) is 5.75 Å². The van der Waals surface area contributed by atoms with Crippen molar-refractivity contribution in [3.63, 3.8) is 0 Å². The number of phenols is 1. The SMILES string of the molecule is C=CC1CC=CCC1.C=CC1CC=CCC1.Oc1ccccc1. The van der Waals surface area contributed by atoms with E-state index in [1.165, 1.54) is 38.5 Å². The Bertz CT molecular complexity index is 456. The summed E-state index contributed by atoms with van der Waals surface area (Å²) in [6.45, 7) is 7.50. The van der Waals surface area contributed by atoms with E-state index in [-0.39, 0.29) is 0 Å². The summed E-state index contributed by atoms with van der Waals surface area (Å²) >= 11 is 0. The van der Waals surface area contributed by atoms with Crippen molar-refractivity contribution in [2.24, 2.45) is 11.8 Å². The van der Waals surface area contributed by atoms with Crippen molar-refractivity contribution >= 4 is 0 Å². The van der Waals surface area contributed by atoms with Crippen molar-refractivity contribution in [2.75, 3.05) is 0 Å². The molecule has 1 aromatic carbocycles. The first-order valence-electron chi connectivity index (χ1n) is 8.55. The molecule has 1 N–H and O–H groups in total. The minimum atomic E-state index is 0.322. The van der Waals surface area contributed by atoms with Gasteiger partial charge in [-0.25, -0.2) is 0 Å². The fraction of sp³-hybridized carbons (Fsp3) is 0.364. The molecule has 0 saturated carbocycles. The Labute approximate surface area is 141 Å². The number of allylic oxidation sites excluding steroid dienone is 6. The maximum atomic E-state index is 8.63. The zero-order chi connectivity index (χ0) is 16.8. The maximum Gasteiger partial charge on any atom is 0.115 e. The zero-order valence-corrected chi connectivity index (χ0v) is 14.1. The van der Waals surface area contributed by atoms with Gasteiger partial charge in [0.05, 0.1) is 0 Å². The summed E-state index contributed by atoms with van der Waals surface area (Å²) in [6.07, 6.45) is 20.6. The first kappa shape index (κ1) is 19.0. The van der Waals surface area contributed by atoms with Crippen molar-refractivity contribution in [1.29, 1.82) is 0 Å². The number of para-hydroxylation sites is 1. The number of rotatable bonds is 2. The molecule has 1 nitrogen and oxygen atoms in total. The van der Waals surface area contributed by atoms with Crippen LogP contribution in [-0.4, -0.2) is 5.11 Å². The minimum Gasteiger partial charge on any atom is -0.508 e. The molecule has 124 valence electrons. The molecule has 0 heterocycles. The third-order valence-corrected chi connectivity index (χ3v) is 4.04. The van der Waals surface area contributed by atoms with Crippen LogP contribution in [0.1, 0.15) is 38.5 Å². The summed E-state index contributed by atoms with van der Waals surface area (Å²) in [5.74, 6) is 1.85. The molecule has 1 aromatic rings. The van der Waals surface area contributed by atoms with Crippen LogP contribution in [-0.2, 0) is 0 Å². The number of phenolic OH excluding ortho intramolecular Hbond substituents is 1. The zero-order valence-electron chi connectivity index (χ0n) is 14.1. The molecule has 0 bridgehead atoms. The molecule has 0 aliphatic heterocycles. The lowest BCUT2D eigenvalue weighted by Crippen LogP contribution is -1.96. The van der Waals surface area contributed by atoms with Gasteiger partial charge in [-0.2, -0.15) is 0 Å². The van der Waals surface area contributed by atoms with E-state index in [1.54, 1.807) is 24.3 Å². The Morgan fingerprint density at radius 3 is 1.48 bits per heavy atom. The first-order valence-corrected chi connectivity index (χ1v) is 8.55. The Balaban J connectivity index is 0.000000173. The molecule has 1 heteroatoms. The van der Waals surface area contributed by atoms with Crippen LogP contribution in [0.25, 0.3) is 0 Å². The van der Waals surface area contributed by atoms with Gasteiger partial charge in [0, 0.05) is 0 Å². The van der Waals surface area contributed by atoms with E-state index < -0.39 is 0 Å². The molecule has 0 saturated heterocycles. The van der Waals surface area contributed by atoms with Crippen molar-refractivity contribution in [3.8, 4) is 5.75 Å². The van der Waals surface area contributed by atoms with Crippen molar-refractivity contribution < 1.29 is 5.11 Å². The summed E-state index contributed by atoms with van der Waals surface area (Å²) in [5.41, 5.74) is 0. The van der Waals surface area contributed by atoms with Crippen molar-refractivity contribution in [3.05, 3.63) is 79.9 Å². The lowest BCUT2D eigenvalue weighted by molar-refractivity contribution is 0.475. The largest absolute Gasteiger partial charge is 0.508 e. The third kappa shape index (κ3) is 9.57. The van der Waals surface area contributed by atoms with Crippen LogP contribution in [0, 0.1) is 11.8 Å². The van der Waals surface area contributed by atoms with Gasteiger partial charge >= 0.3 is 0 Å². The molecule has 0 spiro atoms. The van der Waals surface area contributed by atoms with Gasteiger partial charge < -0.3 is 5.11 Å². The molecule has 3 rings (SSSR count). The second-order valence-corrected chi connectivity index (χ2v) is 5.90. The van der Waals surface area contributed by atoms with Crippen LogP contribution in [0.15, 0.2) is 79.9 Å². The van der Waals surface area contributed by atoms with E-state index in [4.69, 9.17) is 5.11 Å². The molecule has 0 amide bonds. The lowest BCUT2D eigenvalue weighted by Gasteiger charge is -2.11. The Morgan fingerprint density at radius 2 is 1.26 bits per heavy atom. The summed E-state index contributed by atoms with van der Waals surface area (Å²) in [7, 11) is 0. The summed E-state index contributed by atoms with van der Waals surface area (Å²) < 4.78 is 0. The van der Waals surface area contributed by atoms with Crippen LogP contribution in [0.4, 0.5) is 0 Å². The molecular formula is C22H30O. The molecule has 0 aromatic heterocycles. The highest BCUT2D eigenvalue weighted by molar-refractivity contribution is 5.18. The Kier molecular flexibility index (Phi) is 10.4. The summed E-state index contributed by atoms with van der Waals surface area (Å²) in [5, 5.41) is 8.63. The van der Waals surface area contributed by atoms with Crippen LogP contribution >= 0.6 is 0 Å². The van der Waals surface area contributed by atoms with Crippen molar-refractivity contribution in [1.82, 2.24) is 0 Å². The molecule has 2 aliphatic carbocycles. The number of aromatic hydroxyl groups is 1. The molecule has 23 heavy (non-hydrogen) atoms. The molecule has 0 radical (unpaired) electrons. The fourth-order valence-electron chi connectivity index (χ4n) is 2.49. The third-order valence-electron chi connectivity index (χ3n) is 4.04. The summed E-state index contributed by atoms with van der Waals surface area (Å²) in [4.78, 5) is 0. The van der Waals surface area contributed by atoms with E-state index in [1.807, 2.05) is 6.07 Å². The van der Waals surface area contributed by atoms with Crippen LogP contribution in [0.2, 0.25) is 0 Å². The average Bonchev–Trinajstić information content (AvgIpc) is 2.65. The predicted molar refractivity (Wildman–Crippen MR) is 101 cm³/mol. The molecule has 2 aliphatic rings. The van der Waals surface area contributed by atoms with E-state index in [0.717, 1.165) is 11.8 Å². The van der Waals surface area contributed by atoms with Gasteiger partial charge in [-0.3, -0.25) is 0 Å². The number of hydrogen-bond acceptors (Lipinski definition) is 1. The smallest absolute Gasteiger partial charge is 0.115 e.